The van der Waals surface area contributed by atoms with E-state index in [1.165, 1.54) is 7.11 Å². The average molecular weight is 657 g/mol. The van der Waals surface area contributed by atoms with Gasteiger partial charge in [0, 0.05) is 32.6 Å². The highest BCUT2D eigenvalue weighted by Gasteiger charge is 2.27. The highest BCUT2D eigenvalue weighted by Crippen LogP contribution is 2.35. The number of carbonyl (C=O) groups excluding carboxylic acids is 2. The van der Waals surface area contributed by atoms with Gasteiger partial charge in [-0.25, -0.2) is 15.0 Å². The van der Waals surface area contributed by atoms with Gasteiger partial charge in [0.05, 0.1) is 23.8 Å². The maximum Gasteiger partial charge on any atom is 0.295 e. The van der Waals surface area contributed by atoms with Crippen molar-refractivity contribution >= 4 is 45.8 Å². The van der Waals surface area contributed by atoms with Crippen molar-refractivity contribution in [2.45, 2.75) is 73.6 Å². The average Bonchev–Trinajstić information content (AvgIpc) is 3.70. The van der Waals surface area contributed by atoms with Crippen molar-refractivity contribution in [2.75, 3.05) is 24.8 Å². The smallest absolute Gasteiger partial charge is 0.295 e. The molecular formula is C35H44N8O5. The van der Waals surface area contributed by atoms with Crippen LogP contribution < -0.4 is 25.8 Å². The van der Waals surface area contributed by atoms with Gasteiger partial charge in [0.2, 0.25) is 23.6 Å². The summed E-state index contributed by atoms with van der Waals surface area (Å²) in [6, 6.07) is 7.23. The van der Waals surface area contributed by atoms with Crippen molar-refractivity contribution in [1.29, 1.82) is 0 Å². The van der Waals surface area contributed by atoms with E-state index in [2.05, 4.69) is 52.9 Å². The molecule has 0 spiro atoms. The summed E-state index contributed by atoms with van der Waals surface area (Å²) in [7, 11) is 3.34. The molecular weight excluding hydrogens is 612 g/mol. The van der Waals surface area contributed by atoms with Crippen LogP contribution in [-0.4, -0.2) is 55.7 Å². The lowest BCUT2D eigenvalue weighted by Gasteiger charge is -2.31. The van der Waals surface area contributed by atoms with Gasteiger partial charge in [-0.15, -0.1) is 0 Å². The predicted molar refractivity (Wildman–Crippen MR) is 186 cm³/mol. The third-order valence-corrected chi connectivity index (χ3v) is 8.56. The molecule has 0 aliphatic heterocycles. The highest BCUT2D eigenvalue weighted by molar-refractivity contribution is 6.04. The number of imidazole rings is 2. The lowest BCUT2D eigenvalue weighted by molar-refractivity contribution is 0.0612. The quantitative estimate of drug-likeness (QED) is 0.128. The Morgan fingerprint density at radius 1 is 0.979 bits per heavy atom. The molecule has 0 saturated heterocycles. The van der Waals surface area contributed by atoms with E-state index in [0.717, 1.165) is 22.3 Å². The van der Waals surface area contributed by atoms with Crippen LogP contribution in [0.5, 0.6) is 11.5 Å². The summed E-state index contributed by atoms with van der Waals surface area (Å²) in [5.74, 6) is 1.77. The standard InChI is InChI=1S/C35H44N8O5/c1-10-23-30(47-21(5)38-23)32(45)41-34-40-25-17-22(31(36)44)18-26(46-9)28(25)43(34)14-12-11-13-42-29-24(39-33(42)37-8)15-20(4)16-27(29)48-35(6,7)19(2)3/h11-12,15-19H,10,13-14H2,1-9H3,(H2,36,44)(H,37,39)(H,40,41,45)/b12-11+. The number of allylic oxidation sites excluding steroid dienone is 2. The first-order valence-electron chi connectivity index (χ1n) is 16.0. The Morgan fingerprint density at radius 2 is 1.60 bits per heavy atom. The molecule has 254 valence electrons. The molecule has 0 bridgehead atoms. The lowest BCUT2D eigenvalue weighted by atomic mass is 9.94. The van der Waals surface area contributed by atoms with Crippen molar-refractivity contribution in [3.8, 4) is 11.5 Å². The zero-order valence-corrected chi connectivity index (χ0v) is 29.0. The maximum atomic E-state index is 13.4. The number of primary amides is 1. The Bertz CT molecular complexity index is 2030. The van der Waals surface area contributed by atoms with Gasteiger partial charge in [0.15, 0.2) is 5.89 Å². The number of amides is 2. The van der Waals surface area contributed by atoms with Crippen LogP contribution >= 0.6 is 0 Å². The van der Waals surface area contributed by atoms with Crippen LogP contribution in [0.4, 0.5) is 11.9 Å². The van der Waals surface area contributed by atoms with Crippen molar-refractivity contribution in [3.05, 3.63) is 64.9 Å². The number of benzene rings is 2. The maximum absolute atomic E-state index is 13.4. The van der Waals surface area contributed by atoms with Crippen LogP contribution in [-0.2, 0) is 19.5 Å². The van der Waals surface area contributed by atoms with E-state index >= 15 is 0 Å². The molecule has 3 heterocycles. The highest BCUT2D eigenvalue weighted by atomic mass is 16.5. The Balaban J connectivity index is 1.53. The molecule has 2 amide bonds. The Labute approximate surface area is 279 Å². The SMILES string of the molecule is CCc1nc(C)oc1C(=O)Nc1nc2cc(C(N)=O)cc(OC)c2n1C/C=C/Cn1c(NC)nc2cc(C)cc(OC(C)(C)C(C)C)c21. The summed E-state index contributed by atoms with van der Waals surface area (Å²) in [5.41, 5.74) is 9.76. The number of nitrogens with zero attached hydrogens (tertiary/aromatic N) is 5. The van der Waals surface area contributed by atoms with E-state index < -0.39 is 17.4 Å². The Kier molecular flexibility index (Phi) is 9.51. The van der Waals surface area contributed by atoms with Crippen LogP contribution in [0.25, 0.3) is 22.1 Å². The number of hydrogen-bond acceptors (Lipinski definition) is 9. The van der Waals surface area contributed by atoms with Crippen molar-refractivity contribution in [2.24, 2.45) is 11.7 Å². The fourth-order valence-electron chi connectivity index (χ4n) is 5.42. The molecule has 3 aromatic heterocycles. The second-order valence-corrected chi connectivity index (χ2v) is 12.5. The molecule has 0 atom stereocenters. The number of nitrogens with two attached hydrogens (primary N) is 1. The number of carbonyl (C=O) groups is 2. The molecule has 0 aliphatic carbocycles. The second-order valence-electron chi connectivity index (χ2n) is 12.5. The normalized spacial score (nSPS) is 12.0. The summed E-state index contributed by atoms with van der Waals surface area (Å²) >= 11 is 0. The summed E-state index contributed by atoms with van der Waals surface area (Å²) in [6.45, 7) is 14.9. The second kappa shape index (κ2) is 13.4. The summed E-state index contributed by atoms with van der Waals surface area (Å²) in [4.78, 5) is 39.3. The van der Waals surface area contributed by atoms with Crippen molar-refractivity contribution in [1.82, 2.24) is 24.1 Å². The van der Waals surface area contributed by atoms with Gasteiger partial charge in [0.25, 0.3) is 5.91 Å². The number of anilines is 2. The molecule has 0 unspecified atom stereocenters. The molecule has 0 fully saturated rings. The predicted octanol–water partition coefficient (Wildman–Crippen LogP) is 6.02. The largest absolute Gasteiger partial charge is 0.494 e. The van der Waals surface area contributed by atoms with Crippen LogP contribution in [0.15, 0.2) is 40.8 Å². The number of aryl methyl sites for hydroxylation is 3. The number of fused-ring (bicyclic) bond motifs is 2. The van der Waals surface area contributed by atoms with Crippen LogP contribution in [0.2, 0.25) is 0 Å². The first-order valence-corrected chi connectivity index (χ1v) is 16.0. The number of rotatable bonds is 13. The van der Waals surface area contributed by atoms with Crippen LogP contribution in [0, 0.1) is 19.8 Å². The first kappa shape index (κ1) is 34.0. The molecule has 0 saturated carbocycles. The van der Waals surface area contributed by atoms with E-state index in [1.807, 2.05) is 45.2 Å². The Morgan fingerprint density at radius 3 is 2.21 bits per heavy atom. The van der Waals surface area contributed by atoms with Gasteiger partial charge >= 0.3 is 0 Å². The van der Waals surface area contributed by atoms with Crippen molar-refractivity contribution < 1.29 is 23.5 Å². The van der Waals surface area contributed by atoms with Gasteiger partial charge in [-0.05, 0) is 62.9 Å². The molecule has 5 aromatic rings. The third-order valence-electron chi connectivity index (χ3n) is 8.56. The van der Waals surface area contributed by atoms with Gasteiger partial charge < -0.3 is 34.1 Å². The van der Waals surface area contributed by atoms with Crippen LogP contribution in [0.3, 0.4) is 0 Å². The molecule has 48 heavy (non-hydrogen) atoms. The molecule has 4 N–H and O–H groups in total. The number of nitrogens with one attached hydrogen (secondary N) is 2. The lowest BCUT2D eigenvalue weighted by Crippen LogP contribution is -2.34. The topological polar surface area (TPSA) is 164 Å². The monoisotopic (exact) mass is 656 g/mol. The van der Waals surface area contributed by atoms with E-state index in [4.69, 9.17) is 24.6 Å². The fourth-order valence-corrected chi connectivity index (χ4v) is 5.42. The van der Waals surface area contributed by atoms with E-state index in [0.29, 0.717) is 53.8 Å². The number of aromatic nitrogens is 5. The molecule has 0 aliphatic rings. The van der Waals surface area contributed by atoms with Crippen molar-refractivity contribution in [3.63, 3.8) is 0 Å². The van der Waals surface area contributed by atoms with Crippen LogP contribution in [0.1, 0.15) is 72.7 Å². The minimum Gasteiger partial charge on any atom is -0.494 e. The summed E-state index contributed by atoms with van der Waals surface area (Å²) in [6.07, 6.45) is 4.50. The van der Waals surface area contributed by atoms with E-state index in [1.54, 1.807) is 23.6 Å². The van der Waals surface area contributed by atoms with Gasteiger partial charge in [-0.2, -0.15) is 0 Å². The third kappa shape index (κ3) is 6.57. The van der Waals surface area contributed by atoms with Gasteiger partial charge in [0.1, 0.15) is 28.1 Å². The molecule has 0 radical (unpaired) electrons. The molecule has 5 rings (SSSR count). The van der Waals surface area contributed by atoms with Gasteiger partial charge in [-0.3, -0.25) is 14.9 Å². The Hall–Kier alpha value is -5.33. The molecule has 13 nitrogen and oxygen atoms in total. The van der Waals surface area contributed by atoms with E-state index in [-0.39, 0.29) is 23.2 Å². The molecule has 2 aromatic carbocycles. The molecule has 13 heteroatoms. The summed E-state index contributed by atoms with van der Waals surface area (Å²) < 4.78 is 21.8. The fraction of sp³-hybridized carbons (Fsp3) is 0.400. The number of ether oxygens (including phenoxy) is 2. The van der Waals surface area contributed by atoms with E-state index in [9.17, 15) is 9.59 Å². The zero-order valence-electron chi connectivity index (χ0n) is 29.0. The first-order chi connectivity index (χ1) is 22.8. The minimum absolute atomic E-state index is 0.120. The van der Waals surface area contributed by atoms with Gasteiger partial charge in [-0.1, -0.05) is 32.9 Å². The zero-order chi connectivity index (χ0) is 34.9. The number of methoxy groups -OCH3 is 1. The number of oxazole rings is 1. The minimum atomic E-state index is -0.622. The number of hydrogen-bond donors (Lipinski definition) is 3. The summed E-state index contributed by atoms with van der Waals surface area (Å²) in [5, 5.41) is 6.09.